The van der Waals surface area contributed by atoms with Crippen LogP contribution in [0.3, 0.4) is 0 Å². The van der Waals surface area contributed by atoms with E-state index < -0.39 is 12.5 Å². The van der Waals surface area contributed by atoms with E-state index in [0.717, 1.165) is 25.2 Å². The molecule has 13 heteroatoms. The highest BCUT2D eigenvalue weighted by atomic mass is 35.5. The number of nitrogens with zero attached hydrogens (tertiary/aromatic N) is 4. The molecule has 2 saturated heterocycles. The van der Waals surface area contributed by atoms with Gasteiger partial charge in [0, 0.05) is 43.0 Å². The number of piperazine rings is 1. The second kappa shape index (κ2) is 10.3. The van der Waals surface area contributed by atoms with Crippen molar-refractivity contribution in [3.8, 4) is 5.75 Å². The van der Waals surface area contributed by atoms with Gasteiger partial charge in [-0.25, -0.2) is 4.98 Å². The Labute approximate surface area is 221 Å². The monoisotopic (exact) mass is 549 g/mol. The highest BCUT2D eigenvalue weighted by Crippen LogP contribution is 2.40. The molecule has 5 rings (SSSR count). The number of likely N-dealkylation sites (tertiary alicyclic amines) is 1. The van der Waals surface area contributed by atoms with Crippen LogP contribution in [0.4, 0.5) is 36.9 Å². The molecule has 4 N–H and O–H groups in total. The number of amides is 1. The van der Waals surface area contributed by atoms with Crippen LogP contribution >= 0.6 is 22.9 Å². The largest absolute Gasteiger partial charge is 0.433 e. The first-order valence-electron chi connectivity index (χ1n) is 11.7. The number of nitrogens with two attached hydrogens (primary N) is 1. The third kappa shape index (κ3) is 5.27. The second-order valence-electron chi connectivity index (χ2n) is 9.21. The van der Waals surface area contributed by atoms with E-state index in [0.29, 0.717) is 28.7 Å². The number of hydrogen-bond donors (Lipinski definition) is 3. The normalized spacial score (nSPS) is 19.2. The van der Waals surface area contributed by atoms with Crippen LogP contribution < -0.4 is 26.0 Å². The molecule has 9 nitrogen and oxygen atoms in total. The summed E-state index contributed by atoms with van der Waals surface area (Å²) < 4.78 is 31.5. The van der Waals surface area contributed by atoms with Crippen molar-refractivity contribution in [2.45, 2.75) is 45.0 Å². The number of fused-ring (bicyclic) bond motifs is 2. The summed E-state index contributed by atoms with van der Waals surface area (Å²) in [7, 11) is 0. The van der Waals surface area contributed by atoms with Crippen LogP contribution in [0, 0.1) is 0 Å². The second-order valence-corrected chi connectivity index (χ2v) is 10.5. The fourth-order valence-corrected chi connectivity index (χ4v) is 5.91. The lowest BCUT2D eigenvalue weighted by molar-refractivity contribution is -0.0493. The SMILES string of the molecule is CC(C)N1C[C@@H]2C[C@H]1CN2c1ccc(Nc2ncc(Cl)c(Nc3sccc3C(N)=O)n2)c(OC(F)F)c1. The Bertz CT molecular complexity index is 1310. The van der Waals surface area contributed by atoms with Gasteiger partial charge < -0.3 is 26.0 Å². The summed E-state index contributed by atoms with van der Waals surface area (Å²) in [6.07, 6.45) is 2.42. The molecular formula is C24H26ClF2N7O2S. The van der Waals surface area contributed by atoms with Crippen LogP contribution in [0.15, 0.2) is 35.8 Å². The average Bonchev–Trinajstić information content (AvgIpc) is 3.58. The Kier molecular flexibility index (Phi) is 7.06. The maximum atomic E-state index is 13.3. The number of hydrogen-bond acceptors (Lipinski definition) is 9. The standard InChI is InChI=1S/C24H26ClF2N7O2S/c1-12(2)33-10-15-7-14(33)11-34(15)13-3-4-18(19(8-13)36-23(26)27)30-24-29-9-17(25)21(32-24)31-22-16(20(28)35)5-6-37-22/h3-6,8-9,12,14-15,23H,7,10-11H2,1-2H3,(H2,28,35)(H2,29,30,31,32)/t14-,15-/m0/s1. The average molecular weight is 550 g/mol. The van der Waals surface area contributed by atoms with Gasteiger partial charge in [-0.15, -0.1) is 11.3 Å². The van der Waals surface area contributed by atoms with Gasteiger partial charge >= 0.3 is 6.61 Å². The summed E-state index contributed by atoms with van der Waals surface area (Å²) in [4.78, 5) is 24.9. The first-order valence-corrected chi connectivity index (χ1v) is 13.0. The zero-order chi connectivity index (χ0) is 26.3. The number of carbonyl (C=O) groups excluding carboxylic acids is 1. The highest BCUT2D eigenvalue weighted by Gasteiger charge is 2.44. The number of anilines is 5. The van der Waals surface area contributed by atoms with Crippen molar-refractivity contribution in [1.29, 1.82) is 0 Å². The van der Waals surface area contributed by atoms with Crippen molar-refractivity contribution in [1.82, 2.24) is 14.9 Å². The minimum Gasteiger partial charge on any atom is -0.433 e. The van der Waals surface area contributed by atoms with Gasteiger partial charge in [-0.05, 0) is 43.8 Å². The van der Waals surface area contributed by atoms with Crippen molar-refractivity contribution in [2.75, 3.05) is 28.6 Å². The molecule has 0 saturated carbocycles. The number of carbonyl (C=O) groups is 1. The van der Waals surface area contributed by atoms with Gasteiger partial charge in [0.25, 0.3) is 5.91 Å². The lowest BCUT2D eigenvalue weighted by atomic mass is 10.2. The van der Waals surface area contributed by atoms with Crippen LogP contribution in [0.2, 0.25) is 5.02 Å². The van der Waals surface area contributed by atoms with E-state index in [1.807, 2.05) is 6.07 Å². The predicted octanol–water partition coefficient (Wildman–Crippen LogP) is 5.05. The molecule has 2 fully saturated rings. The highest BCUT2D eigenvalue weighted by molar-refractivity contribution is 7.14. The van der Waals surface area contributed by atoms with Crippen molar-refractivity contribution in [3.05, 3.63) is 46.4 Å². The van der Waals surface area contributed by atoms with Crippen LogP contribution in [0.1, 0.15) is 30.6 Å². The molecule has 0 unspecified atom stereocenters. The number of thiophene rings is 1. The number of nitrogens with one attached hydrogen (secondary N) is 2. The van der Waals surface area contributed by atoms with Crippen LogP contribution in [0.5, 0.6) is 5.75 Å². The third-order valence-electron chi connectivity index (χ3n) is 6.61. The van der Waals surface area contributed by atoms with Crippen LogP contribution in [-0.2, 0) is 0 Å². The van der Waals surface area contributed by atoms with Gasteiger partial charge in [-0.3, -0.25) is 9.69 Å². The number of aromatic nitrogens is 2. The number of alkyl halides is 2. The molecule has 0 spiro atoms. The predicted molar refractivity (Wildman–Crippen MR) is 141 cm³/mol. The van der Waals surface area contributed by atoms with Gasteiger partial charge in [-0.2, -0.15) is 13.8 Å². The molecule has 0 radical (unpaired) electrons. The Morgan fingerprint density at radius 3 is 2.73 bits per heavy atom. The summed E-state index contributed by atoms with van der Waals surface area (Å²) in [5.41, 5.74) is 6.81. The first-order chi connectivity index (χ1) is 17.7. The Morgan fingerprint density at radius 1 is 1.24 bits per heavy atom. The number of ether oxygens (including phenoxy) is 1. The Hall–Kier alpha value is -3.22. The minimum atomic E-state index is -3.00. The number of primary amides is 1. The molecule has 2 aromatic heterocycles. The minimum absolute atomic E-state index is 0.0154. The summed E-state index contributed by atoms with van der Waals surface area (Å²) in [6, 6.07) is 8.02. The van der Waals surface area contributed by atoms with Gasteiger partial charge in [0.2, 0.25) is 5.95 Å². The number of rotatable bonds is 9. The fourth-order valence-electron chi connectivity index (χ4n) is 4.98. The number of benzene rings is 1. The van der Waals surface area contributed by atoms with E-state index in [2.05, 4.69) is 44.2 Å². The summed E-state index contributed by atoms with van der Waals surface area (Å²) in [6.45, 7) is 3.17. The van der Waals surface area contributed by atoms with Gasteiger partial charge in [-0.1, -0.05) is 11.6 Å². The molecule has 3 aromatic rings. The van der Waals surface area contributed by atoms with Crippen molar-refractivity contribution < 1.29 is 18.3 Å². The van der Waals surface area contributed by atoms with E-state index in [4.69, 9.17) is 22.1 Å². The Morgan fingerprint density at radius 2 is 2.05 bits per heavy atom. The third-order valence-corrected chi connectivity index (χ3v) is 7.72. The molecule has 2 aliphatic heterocycles. The van der Waals surface area contributed by atoms with E-state index in [1.165, 1.54) is 17.5 Å². The molecule has 2 bridgehead atoms. The molecule has 2 atom stereocenters. The van der Waals surface area contributed by atoms with Gasteiger partial charge in [0.15, 0.2) is 11.6 Å². The molecule has 1 aromatic carbocycles. The van der Waals surface area contributed by atoms with E-state index in [9.17, 15) is 13.6 Å². The van der Waals surface area contributed by atoms with Gasteiger partial charge in [0.05, 0.1) is 17.4 Å². The fraction of sp³-hybridized carbons (Fsp3) is 0.375. The smallest absolute Gasteiger partial charge is 0.387 e. The molecule has 4 heterocycles. The molecule has 37 heavy (non-hydrogen) atoms. The number of halogens is 3. The van der Waals surface area contributed by atoms with Crippen molar-refractivity contribution in [2.24, 2.45) is 5.73 Å². The van der Waals surface area contributed by atoms with Gasteiger partial charge in [0.1, 0.15) is 10.0 Å². The summed E-state index contributed by atoms with van der Waals surface area (Å²) >= 11 is 7.50. The van der Waals surface area contributed by atoms with Crippen LogP contribution in [-0.4, -0.2) is 58.6 Å². The van der Waals surface area contributed by atoms with Crippen molar-refractivity contribution >= 4 is 57.0 Å². The van der Waals surface area contributed by atoms with E-state index in [-0.39, 0.29) is 28.2 Å². The molecular weight excluding hydrogens is 524 g/mol. The molecule has 2 aliphatic rings. The molecule has 196 valence electrons. The van der Waals surface area contributed by atoms with Crippen molar-refractivity contribution in [3.63, 3.8) is 0 Å². The summed E-state index contributed by atoms with van der Waals surface area (Å²) in [5, 5.41) is 8.31. The molecule has 1 amide bonds. The topological polar surface area (TPSA) is 109 Å². The maximum Gasteiger partial charge on any atom is 0.387 e. The van der Waals surface area contributed by atoms with E-state index >= 15 is 0 Å². The summed E-state index contributed by atoms with van der Waals surface area (Å²) in [5.74, 6) is -0.286. The Balaban J connectivity index is 1.38. The lowest BCUT2D eigenvalue weighted by Gasteiger charge is -2.37. The van der Waals surface area contributed by atoms with Crippen LogP contribution in [0.25, 0.3) is 0 Å². The van der Waals surface area contributed by atoms with E-state index in [1.54, 1.807) is 23.6 Å². The zero-order valence-corrected chi connectivity index (χ0v) is 21.7. The maximum absolute atomic E-state index is 13.3. The zero-order valence-electron chi connectivity index (χ0n) is 20.1. The lowest BCUT2D eigenvalue weighted by Crippen LogP contribution is -2.48. The first kappa shape index (κ1) is 25.4. The molecule has 0 aliphatic carbocycles. The quantitative estimate of drug-likeness (QED) is 0.340.